The minimum absolute atomic E-state index is 0.0792. The first-order chi connectivity index (χ1) is 13.8. The van der Waals surface area contributed by atoms with Crippen molar-refractivity contribution in [2.24, 2.45) is 10.7 Å². The molecule has 29 heavy (non-hydrogen) atoms. The molecule has 0 saturated heterocycles. The van der Waals surface area contributed by atoms with Gasteiger partial charge in [-0.3, -0.25) is 9.79 Å². The van der Waals surface area contributed by atoms with Crippen molar-refractivity contribution in [1.82, 2.24) is 5.32 Å². The van der Waals surface area contributed by atoms with Gasteiger partial charge in [0.25, 0.3) is 5.91 Å². The van der Waals surface area contributed by atoms with Gasteiger partial charge in [-0.1, -0.05) is 54.0 Å². The summed E-state index contributed by atoms with van der Waals surface area (Å²) in [5, 5.41) is 3.72. The summed E-state index contributed by atoms with van der Waals surface area (Å²) in [5.41, 5.74) is 9.29. The molecule has 2 aromatic rings. The standard InChI is InChI=1S/C22H28N4OS2/c1-15(16-8-6-5-7-9-16)24-20(27)17-12-18(14-19(13-17)26(3)28-4)22(2)10-11-29-21(23)25-22/h5-9,12-15H,10-11H2,1-4H3,(H2,23,25)(H,24,27). The van der Waals surface area contributed by atoms with E-state index in [-0.39, 0.29) is 11.9 Å². The summed E-state index contributed by atoms with van der Waals surface area (Å²) in [7, 11) is 1.99. The zero-order chi connectivity index (χ0) is 21.0. The molecule has 2 atom stereocenters. The molecule has 3 rings (SSSR count). The molecule has 1 amide bonds. The van der Waals surface area contributed by atoms with Gasteiger partial charge in [0, 0.05) is 30.3 Å². The van der Waals surface area contributed by atoms with E-state index in [1.807, 2.05) is 62.7 Å². The molecule has 154 valence electrons. The van der Waals surface area contributed by atoms with Crippen LogP contribution in [0, 0.1) is 0 Å². The van der Waals surface area contributed by atoms with Crippen molar-refractivity contribution in [2.75, 3.05) is 23.4 Å². The maximum absolute atomic E-state index is 13.1. The lowest BCUT2D eigenvalue weighted by atomic mass is 9.88. The number of carbonyl (C=O) groups is 1. The Bertz CT molecular complexity index is 903. The van der Waals surface area contributed by atoms with E-state index < -0.39 is 5.54 Å². The molecule has 2 unspecified atom stereocenters. The zero-order valence-electron chi connectivity index (χ0n) is 17.3. The first-order valence-corrected chi connectivity index (χ1v) is 11.8. The molecule has 5 nitrogen and oxygen atoms in total. The molecular weight excluding hydrogens is 400 g/mol. The van der Waals surface area contributed by atoms with Crippen LogP contribution in [0.5, 0.6) is 0 Å². The Labute approximate surface area is 181 Å². The lowest BCUT2D eigenvalue weighted by Crippen LogP contribution is -2.30. The van der Waals surface area contributed by atoms with Crippen molar-refractivity contribution in [1.29, 1.82) is 0 Å². The molecule has 0 aromatic heterocycles. The maximum atomic E-state index is 13.1. The number of thioether (sulfide) groups is 1. The average molecular weight is 429 g/mol. The molecule has 0 spiro atoms. The van der Waals surface area contributed by atoms with Crippen molar-refractivity contribution in [3.8, 4) is 0 Å². The molecule has 0 radical (unpaired) electrons. The summed E-state index contributed by atoms with van der Waals surface area (Å²) in [6.07, 6.45) is 2.89. The quantitative estimate of drug-likeness (QED) is 0.660. The number of hydrogen-bond donors (Lipinski definition) is 2. The molecular formula is C22H28N4OS2. The van der Waals surface area contributed by atoms with E-state index in [0.717, 1.165) is 29.0 Å². The predicted molar refractivity (Wildman–Crippen MR) is 127 cm³/mol. The average Bonchev–Trinajstić information content (AvgIpc) is 2.73. The van der Waals surface area contributed by atoms with Crippen molar-refractivity contribution in [2.45, 2.75) is 31.8 Å². The van der Waals surface area contributed by atoms with E-state index in [4.69, 9.17) is 10.7 Å². The number of anilines is 1. The first-order valence-electron chi connectivity index (χ1n) is 9.60. The Morgan fingerprint density at radius 2 is 2.03 bits per heavy atom. The fraction of sp³-hybridized carbons (Fsp3) is 0.364. The predicted octanol–water partition coefficient (Wildman–Crippen LogP) is 4.56. The summed E-state index contributed by atoms with van der Waals surface area (Å²) >= 11 is 3.18. The minimum atomic E-state index is -0.426. The number of amides is 1. The lowest BCUT2D eigenvalue weighted by molar-refractivity contribution is 0.0939. The molecule has 0 fully saturated rings. The van der Waals surface area contributed by atoms with Gasteiger partial charge in [0.05, 0.1) is 11.6 Å². The summed E-state index contributed by atoms with van der Waals surface area (Å²) in [6, 6.07) is 15.9. The highest BCUT2D eigenvalue weighted by Crippen LogP contribution is 2.37. The topological polar surface area (TPSA) is 70.7 Å². The molecule has 3 N–H and O–H groups in total. The van der Waals surface area contributed by atoms with Crippen LogP contribution in [0.15, 0.2) is 53.5 Å². The highest BCUT2D eigenvalue weighted by molar-refractivity contribution is 8.13. The number of hydrogen-bond acceptors (Lipinski definition) is 6. The monoisotopic (exact) mass is 428 g/mol. The molecule has 1 aliphatic rings. The molecule has 1 heterocycles. The van der Waals surface area contributed by atoms with Gasteiger partial charge >= 0.3 is 0 Å². The fourth-order valence-corrected chi connectivity index (χ4v) is 4.63. The van der Waals surface area contributed by atoms with Gasteiger partial charge in [-0.05, 0) is 49.6 Å². The highest BCUT2D eigenvalue weighted by atomic mass is 32.2. The van der Waals surface area contributed by atoms with Gasteiger partial charge in [-0.15, -0.1) is 0 Å². The van der Waals surface area contributed by atoms with E-state index in [1.54, 1.807) is 23.7 Å². The van der Waals surface area contributed by atoms with Crippen LogP contribution in [0.25, 0.3) is 0 Å². The fourth-order valence-electron chi connectivity index (χ4n) is 3.34. The Hall–Kier alpha value is -2.12. The zero-order valence-corrected chi connectivity index (χ0v) is 18.9. The summed E-state index contributed by atoms with van der Waals surface area (Å²) < 4.78 is 2.05. The molecule has 7 heteroatoms. The van der Waals surface area contributed by atoms with Gasteiger partial charge in [0.15, 0.2) is 5.17 Å². The second-order valence-electron chi connectivity index (χ2n) is 7.38. The van der Waals surface area contributed by atoms with Crippen LogP contribution in [0.3, 0.4) is 0 Å². The van der Waals surface area contributed by atoms with Crippen molar-refractivity contribution in [3.63, 3.8) is 0 Å². The minimum Gasteiger partial charge on any atom is -0.379 e. The van der Waals surface area contributed by atoms with Crippen molar-refractivity contribution < 1.29 is 4.79 Å². The number of nitrogens with zero attached hydrogens (tertiary/aromatic N) is 2. The second-order valence-corrected chi connectivity index (χ2v) is 9.40. The van der Waals surface area contributed by atoms with Crippen LogP contribution in [-0.4, -0.2) is 30.1 Å². The van der Waals surface area contributed by atoms with Gasteiger partial charge < -0.3 is 15.4 Å². The van der Waals surface area contributed by atoms with Gasteiger partial charge in [0.2, 0.25) is 0 Å². The number of carbonyl (C=O) groups excluding carboxylic acids is 1. The Morgan fingerprint density at radius 3 is 2.69 bits per heavy atom. The van der Waals surface area contributed by atoms with Crippen LogP contribution in [0.1, 0.15) is 47.8 Å². The summed E-state index contributed by atoms with van der Waals surface area (Å²) in [6.45, 7) is 4.09. The summed E-state index contributed by atoms with van der Waals surface area (Å²) in [5.74, 6) is 0.825. The number of nitrogens with one attached hydrogen (secondary N) is 1. The summed E-state index contributed by atoms with van der Waals surface area (Å²) in [4.78, 5) is 17.8. The van der Waals surface area contributed by atoms with Gasteiger partial charge in [-0.25, -0.2) is 0 Å². The molecule has 0 bridgehead atoms. The number of amidine groups is 1. The third kappa shape index (κ3) is 5.08. The first kappa shape index (κ1) is 21.6. The van der Waals surface area contributed by atoms with E-state index in [1.165, 1.54) is 0 Å². The highest BCUT2D eigenvalue weighted by Gasteiger charge is 2.31. The maximum Gasteiger partial charge on any atom is 0.251 e. The number of rotatable bonds is 6. The Balaban J connectivity index is 1.95. The molecule has 0 saturated carbocycles. The van der Waals surface area contributed by atoms with Gasteiger partial charge in [0.1, 0.15) is 0 Å². The largest absolute Gasteiger partial charge is 0.379 e. The van der Waals surface area contributed by atoms with E-state index >= 15 is 0 Å². The molecule has 1 aliphatic heterocycles. The van der Waals surface area contributed by atoms with Crippen LogP contribution in [0.2, 0.25) is 0 Å². The lowest BCUT2D eigenvalue weighted by Gasteiger charge is -2.31. The smallest absolute Gasteiger partial charge is 0.251 e. The number of nitrogens with two attached hydrogens (primary N) is 1. The Kier molecular flexibility index (Phi) is 6.80. The van der Waals surface area contributed by atoms with E-state index in [9.17, 15) is 4.79 Å². The van der Waals surface area contributed by atoms with Crippen LogP contribution in [-0.2, 0) is 5.54 Å². The SMILES string of the molecule is CSN(C)c1cc(C(=O)NC(C)c2ccccc2)cc(C2(C)CCSC(N)=N2)c1. The second kappa shape index (κ2) is 9.13. The van der Waals surface area contributed by atoms with Crippen LogP contribution in [0.4, 0.5) is 5.69 Å². The Morgan fingerprint density at radius 1 is 1.31 bits per heavy atom. The molecule has 2 aromatic carbocycles. The molecule has 0 aliphatic carbocycles. The third-order valence-corrected chi connectivity index (χ3v) is 6.84. The van der Waals surface area contributed by atoms with Crippen molar-refractivity contribution >= 4 is 40.5 Å². The van der Waals surface area contributed by atoms with Crippen LogP contribution >= 0.6 is 23.7 Å². The van der Waals surface area contributed by atoms with Crippen LogP contribution < -0.4 is 15.4 Å². The van der Waals surface area contributed by atoms with Gasteiger partial charge in [-0.2, -0.15) is 0 Å². The normalized spacial score (nSPS) is 19.9. The number of aliphatic imine (C=N–C) groups is 1. The van der Waals surface area contributed by atoms with E-state index in [2.05, 4.69) is 22.6 Å². The van der Waals surface area contributed by atoms with Crippen molar-refractivity contribution in [3.05, 3.63) is 65.2 Å². The number of benzene rings is 2. The third-order valence-electron chi connectivity index (χ3n) is 5.28. The van der Waals surface area contributed by atoms with E-state index in [0.29, 0.717) is 10.7 Å².